The van der Waals surface area contributed by atoms with Gasteiger partial charge in [-0.25, -0.2) is 0 Å². The topological polar surface area (TPSA) is 34.4 Å². The molecule has 2 aromatic rings. The average Bonchev–Trinajstić information content (AvgIpc) is 3.22. The molecule has 1 aliphatic rings. The lowest BCUT2D eigenvalue weighted by Crippen LogP contribution is -2.15. The molecular weight excluding hydrogens is 330 g/mol. The summed E-state index contributed by atoms with van der Waals surface area (Å²) in [5.41, 5.74) is 2.39. The third-order valence-corrected chi connectivity index (χ3v) is 4.63. The highest BCUT2D eigenvalue weighted by molar-refractivity contribution is 9.10. The Morgan fingerprint density at radius 3 is 2.81 bits per heavy atom. The first-order valence-electron chi connectivity index (χ1n) is 7.32. The van der Waals surface area contributed by atoms with Crippen LogP contribution in [0.15, 0.2) is 33.2 Å². The molecule has 4 heteroatoms. The quantitative estimate of drug-likeness (QED) is 0.834. The van der Waals surface area contributed by atoms with Gasteiger partial charge in [-0.2, -0.15) is 0 Å². The van der Waals surface area contributed by atoms with E-state index in [4.69, 9.17) is 9.15 Å². The molecule has 21 heavy (non-hydrogen) atoms. The second kappa shape index (κ2) is 6.24. The molecule has 1 heterocycles. The first kappa shape index (κ1) is 14.7. The maximum atomic E-state index is 5.80. The second-order valence-corrected chi connectivity index (χ2v) is 6.50. The van der Waals surface area contributed by atoms with E-state index in [1.807, 2.05) is 25.1 Å². The molecule has 0 aliphatic heterocycles. The summed E-state index contributed by atoms with van der Waals surface area (Å²) in [6.45, 7) is 5.41. The second-order valence-electron chi connectivity index (χ2n) is 5.65. The molecule has 1 fully saturated rings. The lowest BCUT2D eigenvalue weighted by Gasteiger charge is -2.06. The summed E-state index contributed by atoms with van der Waals surface area (Å²) in [7, 11) is 0. The van der Waals surface area contributed by atoms with Gasteiger partial charge in [0.15, 0.2) is 0 Å². The summed E-state index contributed by atoms with van der Waals surface area (Å²) < 4.78 is 12.7. The van der Waals surface area contributed by atoms with Crippen LogP contribution < -0.4 is 10.1 Å². The minimum absolute atomic E-state index is 0.464. The predicted octanol–water partition coefficient (Wildman–Crippen LogP) is 4.49. The molecule has 0 unspecified atom stereocenters. The van der Waals surface area contributed by atoms with E-state index in [0.29, 0.717) is 12.6 Å². The zero-order valence-corrected chi connectivity index (χ0v) is 14.0. The molecule has 0 spiro atoms. The molecule has 1 aromatic carbocycles. The lowest BCUT2D eigenvalue weighted by molar-refractivity contribution is 0.267. The molecule has 0 amide bonds. The molecule has 0 bridgehead atoms. The smallest absolute Gasteiger partial charge is 0.146 e. The van der Waals surface area contributed by atoms with E-state index < -0.39 is 0 Å². The SMILES string of the molecule is Cc1cc(OCc2cc(CNC3CC3)c(C)o2)ccc1Br. The summed E-state index contributed by atoms with van der Waals surface area (Å²) >= 11 is 3.49. The molecule has 0 radical (unpaired) electrons. The highest BCUT2D eigenvalue weighted by Gasteiger charge is 2.21. The van der Waals surface area contributed by atoms with Crippen molar-refractivity contribution in [2.24, 2.45) is 0 Å². The van der Waals surface area contributed by atoms with Crippen molar-refractivity contribution in [2.45, 2.75) is 45.9 Å². The molecule has 1 aliphatic carbocycles. The van der Waals surface area contributed by atoms with Crippen LogP contribution in [0, 0.1) is 13.8 Å². The maximum Gasteiger partial charge on any atom is 0.146 e. The van der Waals surface area contributed by atoms with Crippen molar-refractivity contribution in [3.05, 3.63) is 51.4 Å². The van der Waals surface area contributed by atoms with E-state index in [1.54, 1.807) is 0 Å². The van der Waals surface area contributed by atoms with E-state index >= 15 is 0 Å². The standard InChI is InChI=1S/C17H20BrNO2/c1-11-7-15(5-6-17(11)18)20-10-16-8-13(12(2)21-16)9-19-14-3-4-14/h5-8,14,19H,3-4,9-10H2,1-2H3. The molecule has 3 nitrogen and oxygen atoms in total. The minimum atomic E-state index is 0.464. The first-order valence-corrected chi connectivity index (χ1v) is 8.11. The number of ether oxygens (including phenoxy) is 1. The molecule has 0 saturated heterocycles. The van der Waals surface area contributed by atoms with Crippen molar-refractivity contribution < 1.29 is 9.15 Å². The van der Waals surface area contributed by atoms with Gasteiger partial charge in [0, 0.05) is 22.6 Å². The summed E-state index contributed by atoms with van der Waals surface area (Å²) in [5, 5.41) is 3.51. The fourth-order valence-corrected chi connectivity index (χ4v) is 2.48. The van der Waals surface area contributed by atoms with Gasteiger partial charge in [0.05, 0.1) is 0 Å². The number of rotatable bonds is 6. The Kier molecular flexibility index (Phi) is 4.36. The van der Waals surface area contributed by atoms with E-state index in [1.165, 1.54) is 18.4 Å². The molecule has 112 valence electrons. The summed E-state index contributed by atoms with van der Waals surface area (Å²) in [6.07, 6.45) is 2.60. The van der Waals surface area contributed by atoms with Gasteiger partial charge in [-0.05, 0) is 56.5 Å². The van der Waals surface area contributed by atoms with Gasteiger partial charge < -0.3 is 14.5 Å². The van der Waals surface area contributed by atoms with Crippen LogP contribution >= 0.6 is 15.9 Å². The van der Waals surface area contributed by atoms with Crippen molar-refractivity contribution in [2.75, 3.05) is 0 Å². The molecule has 3 rings (SSSR count). The van der Waals surface area contributed by atoms with Crippen molar-refractivity contribution in [1.82, 2.24) is 5.32 Å². The van der Waals surface area contributed by atoms with Crippen LogP contribution in [0.4, 0.5) is 0 Å². The molecule has 0 atom stereocenters. The number of nitrogens with one attached hydrogen (secondary N) is 1. The van der Waals surface area contributed by atoms with Crippen LogP contribution in [0.25, 0.3) is 0 Å². The molecular formula is C17H20BrNO2. The van der Waals surface area contributed by atoms with E-state index in [9.17, 15) is 0 Å². The van der Waals surface area contributed by atoms with Gasteiger partial charge in [0.2, 0.25) is 0 Å². The van der Waals surface area contributed by atoms with Crippen LogP contribution in [-0.4, -0.2) is 6.04 Å². The Balaban J connectivity index is 1.59. The van der Waals surface area contributed by atoms with Crippen LogP contribution in [0.1, 0.15) is 35.5 Å². The van der Waals surface area contributed by atoms with Gasteiger partial charge in [-0.3, -0.25) is 0 Å². The molecule has 1 saturated carbocycles. The largest absolute Gasteiger partial charge is 0.486 e. The Morgan fingerprint density at radius 1 is 1.29 bits per heavy atom. The fraction of sp³-hybridized carbons (Fsp3) is 0.412. The van der Waals surface area contributed by atoms with Gasteiger partial charge in [-0.1, -0.05) is 15.9 Å². The monoisotopic (exact) mass is 349 g/mol. The van der Waals surface area contributed by atoms with Crippen molar-refractivity contribution in [1.29, 1.82) is 0 Å². The minimum Gasteiger partial charge on any atom is -0.486 e. The van der Waals surface area contributed by atoms with Crippen LogP contribution in [0.5, 0.6) is 5.75 Å². The zero-order chi connectivity index (χ0) is 14.8. The number of benzene rings is 1. The summed E-state index contributed by atoms with van der Waals surface area (Å²) in [5.74, 6) is 2.72. The number of hydrogen-bond donors (Lipinski definition) is 1. The maximum absolute atomic E-state index is 5.80. The third kappa shape index (κ3) is 3.89. The van der Waals surface area contributed by atoms with Crippen LogP contribution in [0.2, 0.25) is 0 Å². The van der Waals surface area contributed by atoms with Crippen molar-refractivity contribution >= 4 is 15.9 Å². The number of aryl methyl sites for hydroxylation is 2. The third-order valence-electron chi connectivity index (χ3n) is 3.74. The molecule has 1 aromatic heterocycles. The number of furan rings is 1. The van der Waals surface area contributed by atoms with Crippen LogP contribution in [-0.2, 0) is 13.2 Å². The van der Waals surface area contributed by atoms with Gasteiger partial charge >= 0.3 is 0 Å². The number of halogens is 1. The average molecular weight is 350 g/mol. The van der Waals surface area contributed by atoms with Gasteiger partial charge in [0.25, 0.3) is 0 Å². The highest BCUT2D eigenvalue weighted by atomic mass is 79.9. The Labute approximate surface area is 133 Å². The van der Waals surface area contributed by atoms with Gasteiger partial charge in [-0.15, -0.1) is 0 Å². The van der Waals surface area contributed by atoms with E-state index in [-0.39, 0.29) is 0 Å². The predicted molar refractivity (Wildman–Crippen MR) is 86.5 cm³/mol. The Bertz CT molecular complexity index is 632. The summed E-state index contributed by atoms with van der Waals surface area (Å²) in [6, 6.07) is 8.79. The van der Waals surface area contributed by atoms with Gasteiger partial charge in [0.1, 0.15) is 23.9 Å². The highest BCUT2D eigenvalue weighted by Crippen LogP contribution is 2.24. The molecule has 1 N–H and O–H groups in total. The van der Waals surface area contributed by atoms with Crippen LogP contribution in [0.3, 0.4) is 0 Å². The normalized spacial score (nSPS) is 14.4. The lowest BCUT2D eigenvalue weighted by atomic mass is 10.2. The van der Waals surface area contributed by atoms with Crippen molar-refractivity contribution in [3.8, 4) is 5.75 Å². The first-order chi connectivity index (χ1) is 10.1. The summed E-state index contributed by atoms with van der Waals surface area (Å²) in [4.78, 5) is 0. The van der Waals surface area contributed by atoms with E-state index in [2.05, 4.69) is 34.2 Å². The van der Waals surface area contributed by atoms with Crippen molar-refractivity contribution in [3.63, 3.8) is 0 Å². The Hall–Kier alpha value is -1.26. The number of hydrogen-bond acceptors (Lipinski definition) is 3. The van der Waals surface area contributed by atoms with E-state index in [0.717, 1.165) is 33.9 Å². The fourth-order valence-electron chi connectivity index (χ4n) is 2.24. The zero-order valence-electron chi connectivity index (χ0n) is 12.4. The Morgan fingerprint density at radius 2 is 2.10 bits per heavy atom.